The normalized spacial score (nSPS) is 10.1. The average molecular weight is 221 g/mol. The topological polar surface area (TPSA) is 60.2 Å². The third-order valence-corrected chi connectivity index (χ3v) is 2.63. The highest BCUT2D eigenvalue weighted by atomic mass is 16.6. The van der Waals surface area contributed by atoms with Crippen LogP contribution in [-0.2, 0) is 11.2 Å². The van der Waals surface area contributed by atoms with Crippen LogP contribution in [0.2, 0.25) is 0 Å². The Balaban J connectivity index is 2.93. The molecule has 0 spiro atoms. The molecule has 0 amide bonds. The molecule has 1 rings (SSSR count). The molecule has 16 heavy (non-hydrogen) atoms. The van der Waals surface area contributed by atoms with E-state index >= 15 is 0 Å². The summed E-state index contributed by atoms with van der Waals surface area (Å²) >= 11 is 0. The lowest BCUT2D eigenvalue weighted by molar-refractivity contribution is -0.385. The summed E-state index contributed by atoms with van der Waals surface area (Å²) in [6.45, 7) is 3.63. The number of Topliss-reactive ketones (excluding diaryl/α,β-unsaturated/α-hetero) is 1. The summed E-state index contributed by atoms with van der Waals surface area (Å²) < 4.78 is 0. The van der Waals surface area contributed by atoms with E-state index in [9.17, 15) is 14.9 Å². The molecule has 0 fully saturated rings. The van der Waals surface area contributed by atoms with Crippen molar-refractivity contribution in [2.75, 3.05) is 0 Å². The molecule has 0 radical (unpaired) electrons. The Morgan fingerprint density at radius 1 is 1.44 bits per heavy atom. The van der Waals surface area contributed by atoms with Crippen molar-refractivity contribution in [3.05, 3.63) is 39.4 Å². The number of benzene rings is 1. The zero-order valence-corrected chi connectivity index (χ0v) is 9.53. The highest BCUT2D eigenvalue weighted by Gasteiger charge is 2.15. The lowest BCUT2D eigenvalue weighted by Gasteiger charge is -2.05. The van der Waals surface area contributed by atoms with Gasteiger partial charge in [-0.2, -0.15) is 0 Å². The number of rotatable bonds is 5. The third-order valence-electron chi connectivity index (χ3n) is 2.63. The SMILES string of the molecule is CCC(=O)CCc1c(C)cccc1[N+](=O)[O-]. The van der Waals surface area contributed by atoms with Gasteiger partial charge >= 0.3 is 0 Å². The molecule has 0 heterocycles. The van der Waals surface area contributed by atoms with E-state index < -0.39 is 4.92 Å². The molecule has 4 heteroatoms. The van der Waals surface area contributed by atoms with Gasteiger partial charge in [-0.3, -0.25) is 14.9 Å². The first kappa shape index (κ1) is 12.4. The number of hydrogen-bond acceptors (Lipinski definition) is 3. The van der Waals surface area contributed by atoms with Gasteiger partial charge in [0.1, 0.15) is 5.78 Å². The highest BCUT2D eigenvalue weighted by Crippen LogP contribution is 2.23. The molecule has 1 aromatic rings. The van der Waals surface area contributed by atoms with E-state index in [1.54, 1.807) is 13.0 Å². The second kappa shape index (κ2) is 5.39. The summed E-state index contributed by atoms with van der Waals surface area (Å²) in [5, 5.41) is 10.8. The number of carbonyl (C=O) groups is 1. The summed E-state index contributed by atoms with van der Waals surface area (Å²) in [7, 11) is 0. The average Bonchev–Trinajstić information content (AvgIpc) is 2.26. The highest BCUT2D eigenvalue weighted by molar-refractivity contribution is 5.78. The van der Waals surface area contributed by atoms with Crippen molar-refractivity contribution in [3.8, 4) is 0 Å². The molecule has 86 valence electrons. The minimum Gasteiger partial charge on any atom is -0.300 e. The van der Waals surface area contributed by atoms with Crippen molar-refractivity contribution in [3.63, 3.8) is 0 Å². The maximum absolute atomic E-state index is 11.2. The number of hydrogen-bond donors (Lipinski definition) is 0. The van der Waals surface area contributed by atoms with Gasteiger partial charge in [-0.05, 0) is 18.9 Å². The van der Waals surface area contributed by atoms with Crippen LogP contribution in [0, 0.1) is 17.0 Å². The van der Waals surface area contributed by atoms with Gasteiger partial charge in [-0.15, -0.1) is 0 Å². The van der Waals surface area contributed by atoms with Crippen LogP contribution in [0.25, 0.3) is 0 Å². The van der Waals surface area contributed by atoms with Crippen LogP contribution in [0.3, 0.4) is 0 Å². The van der Waals surface area contributed by atoms with Gasteiger partial charge in [0.2, 0.25) is 0 Å². The molecule has 0 saturated carbocycles. The summed E-state index contributed by atoms with van der Waals surface area (Å²) in [5.74, 6) is 0.137. The fourth-order valence-corrected chi connectivity index (χ4v) is 1.62. The molecule has 0 N–H and O–H groups in total. The number of ketones is 1. The monoisotopic (exact) mass is 221 g/mol. The van der Waals surface area contributed by atoms with Gasteiger partial charge < -0.3 is 0 Å². The molecule has 0 atom stereocenters. The molecular formula is C12H15NO3. The predicted octanol–water partition coefficient (Wildman–Crippen LogP) is 2.81. The molecule has 0 bridgehead atoms. The van der Waals surface area contributed by atoms with Crippen LogP contribution in [0.5, 0.6) is 0 Å². The Morgan fingerprint density at radius 3 is 2.69 bits per heavy atom. The fourth-order valence-electron chi connectivity index (χ4n) is 1.62. The first-order valence-electron chi connectivity index (χ1n) is 5.30. The Labute approximate surface area is 94.4 Å². The van der Waals surface area contributed by atoms with Crippen LogP contribution < -0.4 is 0 Å². The van der Waals surface area contributed by atoms with E-state index in [1.165, 1.54) is 6.07 Å². The fraction of sp³-hybridized carbons (Fsp3) is 0.417. The van der Waals surface area contributed by atoms with Crippen LogP contribution in [-0.4, -0.2) is 10.7 Å². The lowest BCUT2D eigenvalue weighted by atomic mass is 10.00. The third kappa shape index (κ3) is 2.89. The second-order valence-electron chi connectivity index (χ2n) is 3.72. The molecule has 0 aliphatic carbocycles. The minimum atomic E-state index is -0.390. The number of nitrogens with zero attached hydrogens (tertiary/aromatic N) is 1. The van der Waals surface area contributed by atoms with Crippen LogP contribution in [0.4, 0.5) is 5.69 Å². The number of nitro benzene ring substituents is 1. The van der Waals surface area contributed by atoms with Crippen molar-refractivity contribution >= 4 is 11.5 Å². The van der Waals surface area contributed by atoms with Crippen molar-refractivity contribution < 1.29 is 9.72 Å². The Hall–Kier alpha value is -1.71. The number of nitro groups is 1. The van der Waals surface area contributed by atoms with Gasteiger partial charge in [-0.25, -0.2) is 0 Å². The first-order chi connectivity index (χ1) is 7.56. The summed E-state index contributed by atoms with van der Waals surface area (Å²) in [6, 6.07) is 4.98. The Morgan fingerprint density at radius 2 is 2.12 bits per heavy atom. The minimum absolute atomic E-state index is 0.115. The van der Waals surface area contributed by atoms with E-state index in [0.717, 1.165) is 5.56 Å². The van der Waals surface area contributed by atoms with Crippen molar-refractivity contribution in [2.45, 2.75) is 33.1 Å². The van der Waals surface area contributed by atoms with Gasteiger partial charge in [0.05, 0.1) is 4.92 Å². The zero-order chi connectivity index (χ0) is 12.1. The smallest absolute Gasteiger partial charge is 0.272 e. The molecule has 4 nitrogen and oxygen atoms in total. The molecule has 0 aromatic heterocycles. The first-order valence-corrected chi connectivity index (χ1v) is 5.30. The number of aryl methyl sites for hydroxylation is 1. The maximum atomic E-state index is 11.2. The van der Waals surface area contributed by atoms with Crippen LogP contribution >= 0.6 is 0 Å². The van der Waals surface area contributed by atoms with E-state index in [-0.39, 0.29) is 11.5 Å². The Kier molecular flexibility index (Phi) is 4.17. The van der Waals surface area contributed by atoms with E-state index in [1.807, 2.05) is 13.0 Å². The second-order valence-corrected chi connectivity index (χ2v) is 3.72. The molecule has 0 saturated heterocycles. The summed E-state index contributed by atoms with van der Waals surface area (Å²) in [5.41, 5.74) is 1.66. The van der Waals surface area contributed by atoms with E-state index in [0.29, 0.717) is 24.8 Å². The van der Waals surface area contributed by atoms with Crippen LogP contribution in [0.15, 0.2) is 18.2 Å². The van der Waals surface area contributed by atoms with Crippen molar-refractivity contribution in [2.24, 2.45) is 0 Å². The van der Waals surface area contributed by atoms with Gasteiger partial charge in [0.25, 0.3) is 5.69 Å². The zero-order valence-electron chi connectivity index (χ0n) is 9.53. The van der Waals surface area contributed by atoms with Crippen molar-refractivity contribution in [1.82, 2.24) is 0 Å². The largest absolute Gasteiger partial charge is 0.300 e. The van der Waals surface area contributed by atoms with E-state index in [4.69, 9.17) is 0 Å². The van der Waals surface area contributed by atoms with Crippen molar-refractivity contribution in [1.29, 1.82) is 0 Å². The molecular weight excluding hydrogens is 206 g/mol. The molecule has 0 aliphatic heterocycles. The maximum Gasteiger partial charge on any atom is 0.272 e. The van der Waals surface area contributed by atoms with Gasteiger partial charge in [0, 0.05) is 24.5 Å². The Bertz CT molecular complexity index is 413. The standard InChI is InChI=1S/C12H15NO3/c1-3-10(14)7-8-11-9(2)5-4-6-12(11)13(15)16/h4-6H,3,7-8H2,1-2H3. The lowest BCUT2D eigenvalue weighted by Crippen LogP contribution is -2.02. The van der Waals surface area contributed by atoms with E-state index in [2.05, 4.69) is 0 Å². The quantitative estimate of drug-likeness (QED) is 0.567. The number of carbonyl (C=O) groups excluding carboxylic acids is 1. The molecule has 1 aromatic carbocycles. The van der Waals surface area contributed by atoms with Crippen LogP contribution in [0.1, 0.15) is 30.9 Å². The molecule has 0 unspecified atom stereocenters. The summed E-state index contributed by atoms with van der Waals surface area (Å²) in [4.78, 5) is 21.6. The molecule has 0 aliphatic rings. The van der Waals surface area contributed by atoms with Gasteiger partial charge in [-0.1, -0.05) is 19.1 Å². The predicted molar refractivity (Wildman–Crippen MR) is 61.5 cm³/mol. The van der Waals surface area contributed by atoms with Gasteiger partial charge in [0.15, 0.2) is 0 Å². The summed E-state index contributed by atoms with van der Waals surface area (Å²) in [6.07, 6.45) is 1.32.